The van der Waals surface area contributed by atoms with E-state index in [9.17, 15) is 30.6 Å². The van der Waals surface area contributed by atoms with E-state index < -0.39 is 31.0 Å². The zero-order chi connectivity index (χ0) is 34.2. The van der Waals surface area contributed by atoms with E-state index in [1.165, 1.54) is 0 Å². The molecule has 0 saturated carbocycles. The van der Waals surface area contributed by atoms with Crippen molar-refractivity contribution in [2.75, 3.05) is 39.3 Å². The fourth-order valence-corrected chi connectivity index (χ4v) is 1.43. The third kappa shape index (κ3) is 121. The third-order valence-corrected chi connectivity index (χ3v) is 3.21. The molecule has 0 aromatic rings. The van der Waals surface area contributed by atoms with Crippen LogP contribution in [0.3, 0.4) is 0 Å². The molecule has 0 amide bonds. The van der Waals surface area contributed by atoms with Crippen LogP contribution >= 0.6 is 73.3 Å². The van der Waals surface area contributed by atoms with Gasteiger partial charge in [0.25, 0.3) is 0 Å². The van der Waals surface area contributed by atoms with Gasteiger partial charge in [0.15, 0.2) is 0 Å². The molecule has 43 heavy (non-hydrogen) atoms. The topological polar surface area (TPSA) is 211 Å². The first-order chi connectivity index (χ1) is 19.6. The molecule has 0 heterocycles. The van der Waals surface area contributed by atoms with Gasteiger partial charge in [-0.05, 0) is 0 Å². The predicted molar refractivity (Wildman–Crippen MR) is 185 cm³/mol. The van der Waals surface area contributed by atoms with Gasteiger partial charge in [0.1, 0.15) is 0 Å². The Morgan fingerprint density at radius 2 is 0.442 bits per heavy atom. The van der Waals surface area contributed by atoms with Gasteiger partial charge in [-0.3, -0.25) is 0 Å². The number of hydrogen-bond donors (Lipinski definition) is 6. The SMILES string of the molecule is C=CCNC([O-])=S.C=CCNC([O-])=S.C=CCNC([O-])=S.C=CCNC([O-])=S.C=CCNC([O-])=S.C=CCNC([O-])=S.[Mo+6]. The average Bonchev–Trinajstić information content (AvgIpc) is 2.91. The van der Waals surface area contributed by atoms with Gasteiger partial charge in [0.05, 0.1) is 0 Å². The quantitative estimate of drug-likeness (QED) is 0.0642. The Balaban J connectivity index is -0.0000000720. The van der Waals surface area contributed by atoms with Crippen molar-refractivity contribution < 1.29 is 51.7 Å². The Morgan fingerprint density at radius 1 is 0.349 bits per heavy atom. The van der Waals surface area contributed by atoms with E-state index in [1.807, 2.05) is 0 Å². The van der Waals surface area contributed by atoms with E-state index in [1.54, 1.807) is 36.5 Å². The van der Waals surface area contributed by atoms with E-state index in [0.29, 0.717) is 39.3 Å². The third-order valence-electron chi connectivity index (χ3n) is 2.34. The van der Waals surface area contributed by atoms with Gasteiger partial charge in [-0.1, -0.05) is 110 Å². The second-order valence-corrected chi connectivity index (χ2v) is 7.97. The summed E-state index contributed by atoms with van der Waals surface area (Å²) < 4.78 is 0. The van der Waals surface area contributed by atoms with Gasteiger partial charge in [-0.25, -0.2) is 0 Å². The largest absolute Gasteiger partial charge is 6.00 e. The molecule has 19 heteroatoms. The molecular formula is C24H36MoN6O6S6. The van der Waals surface area contributed by atoms with Crippen LogP contribution in [0.25, 0.3) is 0 Å². The second kappa shape index (κ2) is 52.0. The zero-order valence-corrected chi connectivity index (χ0v) is 30.2. The summed E-state index contributed by atoms with van der Waals surface area (Å²) in [4.78, 5) is 0. The Labute approximate surface area is 301 Å². The minimum atomic E-state index is -0.431. The maximum absolute atomic E-state index is 9.86. The number of rotatable bonds is 12. The summed E-state index contributed by atoms with van der Waals surface area (Å²) in [5.74, 6) is 0. The van der Waals surface area contributed by atoms with Crippen LogP contribution in [0, 0.1) is 0 Å². The molecule has 0 aromatic carbocycles. The molecule has 0 atom stereocenters. The van der Waals surface area contributed by atoms with E-state index in [2.05, 4.69) is 145 Å². The molecule has 0 saturated heterocycles. The van der Waals surface area contributed by atoms with Crippen molar-refractivity contribution in [2.45, 2.75) is 0 Å². The molecule has 0 aliphatic heterocycles. The van der Waals surface area contributed by atoms with Gasteiger partial charge in [-0.15, -0.1) is 39.5 Å². The number of hydrogen-bond acceptors (Lipinski definition) is 12. The molecule has 0 aliphatic carbocycles. The standard InChI is InChI=1S/6C4H7NOS.Mo/c6*1-2-3-5-4(6)7;/h6*2H,1,3H2,(H2,5,6,7);/q;;;;;;+6/p-6. The summed E-state index contributed by atoms with van der Waals surface area (Å²) in [6.45, 7) is 23.0. The Morgan fingerprint density at radius 3 is 0.465 bits per heavy atom. The van der Waals surface area contributed by atoms with Gasteiger partial charge in [0, 0.05) is 70.3 Å². The summed E-state index contributed by atoms with van der Waals surface area (Å²) in [6, 6.07) is 0. The first-order valence-electron chi connectivity index (χ1n) is 11.0. The van der Waals surface area contributed by atoms with E-state index in [4.69, 9.17) is 0 Å². The van der Waals surface area contributed by atoms with Crippen LogP contribution in [0.2, 0.25) is 0 Å². The van der Waals surface area contributed by atoms with Gasteiger partial charge in [-0.2, -0.15) is 0 Å². The van der Waals surface area contributed by atoms with Crippen LogP contribution < -0.4 is 62.5 Å². The number of nitrogens with one attached hydrogen (secondary N) is 6. The summed E-state index contributed by atoms with van der Waals surface area (Å²) in [6.07, 6.45) is 9.44. The summed E-state index contributed by atoms with van der Waals surface area (Å²) in [5.41, 5.74) is 0. The molecular weight excluding hydrogens is 757 g/mol. The van der Waals surface area contributed by atoms with Crippen LogP contribution in [0.5, 0.6) is 0 Å². The van der Waals surface area contributed by atoms with Crippen LogP contribution in [0.1, 0.15) is 0 Å². The van der Waals surface area contributed by atoms with Crippen LogP contribution in [0.4, 0.5) is 0 Å². The summed E-state index contributed by atoms with van der Waals surface area (Å²) >= 11 is 24.9. The fraction of sp³-hybridized carbons (Fsp3) is 0.250. The molecule has 0 rings (SSSR count). The number of thiocarbonyl (C=S) groups is 6. The van der Waals surface area contributed by atoms with Crippen molar-refractivity contribution in [3.05, 3.63) is 75.9 Å². The second-order valence-electron chi connectivity index (χ2n) is 5.74. The van der Waals surface area contributed by atoms with E-state index in [0.717, 1.165) is 0 Å². The van der Waals surface area contributed by atoms with Crippen LogP contribution in [0.15, 0.2) is 75.9 Å². The normalized spacial score (nSPS) is 7.26. The Hall–Kier alpha value is -2.73. The van der Waals surface area contributed by atoms with Crippen LogP contribution in [-0.4, -0.2) is 70.3 Å². The van der Waals surface area contributed by atoms with Gasteiger partial charge < -0.3 is 62.5 Å². The van der Waals surface area contributed by atoms with Gasteiger partial charge in [0.2, 0.25) is 0 Å². The average molecular weight is 793 g/mol. The molecule has 240 valence electrons. The maximum Gasteiger partial charge on any atom is 6.00 e. The van der Waals surface area contributed by atoms with Crippen molar-refractivity contribution >= 4 is 104 Å². The minimum absolute atomic E-state index is 0. The van der Waals surface area contributed by atoms with Crippen molar-refractivity contribution in [2.24, 2.45) is 0 Å². The van der Waals surface area contributed by atoms with Crippen molar-refractivity contribution in [3.63, 3.8) is 0 Å². The van der Waals surface area contributed by atoms with Gasteiger partial charge >= 0.3 is 21.1 Å². The predicted octanol–water partition coefficient (Wildman–Crippen LogP) is -3.56. The molecule has 0 fully saturated rings. The van der Waals surface area contributed by atoms with E-state index in [-0.39, 0.29) is 21.1 Å². The van der Waals surface area contributed by atoms with Crippen LogP contribution in [-0.2, 0) is 21.1 Å². The summed E-state index contributed by atoms with van der Waals surface area (Å²) in [5, 5.41) is 70.7. The minimum Gasteiger partial charge on any atom is -0.852 e. The molecule has 0 bridgehead atoms. The Kier molecular flexibility index (Phi) is 67.8. The molecule has 0 aromatic heterocycles. The fourth-order valence-electron chi connectivity index (χ4n) is 0.933. The van der Waals surface area contributed by atoms with Crippen molar-refractivity contribution in [1.29, 1.82) is 0 Å². The molecule has 0 unspecified atom stereocenters. The van der Waals surface area contributed by atoms with Crippen molar-refractivity contribution in [1.82, 2.24) is 31.9 Å². The summed E-state index contributed by atoms with van der Waals surface area (Å²) in [7, 11) is 0. The maximum atomic E-state index is 9.86. The molecule has 0 aliphatic rings. The first kappa shape index (κ1) is 56.1. The molecule has 0 radical (unpaired) electrons. The Bertz CT molecular complexity index is 668. The molecule has 6 N–H and O–H groups in total. The molecule has 0 spiro atoms. The van der Waals surface area contributed by atoms with Crippen molar-refractivity contribution in [3.8, 4) is 0 Å². The first-order valence-corrected chi connectivity index (χ1v) is 13.4. The monoisotopic (exact) mass is 794 g/mol. The smallest absolute Gasteiger partial charge is 0.852 e. The zero-order valence-electron chi connectivity index (χ0n) is 23.3. The molecule has 12 nitrogen and oxygen atoms in total. The van der Waals surface area contributed by atoms with E-state index >= 15 is 0 Å².